The standard InChI is InChI=1S/C14H18FN3/c1-10-8-11(4-5-12(10)15)13-9-17-14(18(13)3)6-7-16-2/h4-5,8-9,16H,6-7H2,1-3H3. The van der Waals surface area contributed by atoms with Gasteiger partial charge in [-0.05, 0) is 37.7 Å². The van der Waals surface area contributed by atoms with Crippen LogP contribution in [0, 0.1) is 12.7 Å². The molecule has 0 unspecified atom stereocenters. The zero-order chi connectivity index (χ0) is 13.1. The number of hydrogen-bond donors (Lipinski definition) is 1. The molecule has 18 heavy (non-hydrogen) atoms. The van der Waals surface area contributed by atoms with Crippen molar-refractivity contribution in [2.45, 2.75) is 13.3 Å². The molecule has 96 valence electrons. The van der Waals surface area contributed by atoms with Crippen molar-refractivity contribution in [3.63, 3.8) is 0 Å². The number of hydrogen-bond acceptors (Lipinski definition) is 2. The molecule has 2 aromatic rings. The molecule has 1 N–H and O–H groups in total. The summed E-state index contributed by atoms with van der Waals surface area (Å²) in [5, 5.41) is 3.11. The molecule has 0 atom stereocenters. The maximum absolute atomic E-state index is 13.3. The Hall–Kier alpha value is -1.68. The number of nitrogens with one attached hydrogen (secondary N) is 1. The third-order valence-electron chi connectivity index (χ3n) is 3.14. The van der Waals surface area contributed by atoms with E-state index in [0.717, 1.165) is 30.0 Å². The number of benzene rings is 1. The van der Waals surface area contributed by atoms with E-state index in [-0.39, 0.29) is 5.82 Å². The van der Waals surface area contributed by atoms with Crippen molar-refractivity contribution in [2.75, 3.05) is 13.6 Å². The molecule has 0 bridgehead atoms. The van der Waals surface area contributed by atoms with E-state index >= 15 is 0 Å². The van der Waals surface area contributed by atoms with Gasteiger partial charge < -0.3 is 9.88 Å². The van der Waals surface area contributed by atoms with Crippen LogP contribution in [0.5, 0.6) is 0 Å². The highest BCUT2D eigenvalue weighted by Gasteiger charge is 2.09. The average molecular weight is 247 g/mol. The molecule has 0 saturated carbocycles. The van der Waals surface area contributed by atoms with Crippen molar-refractivity contribution < 1.29 is 4.39 Å². The zero-order valence-corrected chi connectivity index (χ0v) is 11.0. The van der Waals surface area contributed by atoms with E-state index in [1.807, 2.05) is 26.4 Å². The Morgan fingerprint density at radius 3 is 2.83 bits per heavy atom. The van der Waals surface area contributed by atoms with E-state index in [0.29, 0.717) is 5.56 Å². The highest BCUT2D eigenvalue weighted by molar-refractivity contribution is 5.60. The Kier molecular flexibility index (Phi) is 3.77. The molecule has 4 heteroatoms. The normalized spacial score (nSPS) is 10.9. The van der Waals surface area contributed by atoms with Gasteiger partial charge in [0.1, 0.15) is 11.6 Å². The lowest BCUT2D eigenvalue weighted by Gasteiger charge is -2.07. The summed E-state index contributed by atoms with van der Waals surface area (Å²) < 4.78 is 15.3. The fraction of sp³-hybridized carbons (Fsp3) is 0.357. The molecule has 0 saturated heterocycles. The summed E-state index contributed by atoms with van der Waals surface area (Å²) >= 11 is 0. The Morgan fingerprint density at radius 1 is 1.39 bits per heavy atom. The number of rotatable bonds is 4. The first-order valence-corrected chi connectivity index (χ1v) is 6.05. The lowest BCUT2D eigenvalue weighted by molar-refractivity contribution is 0.618. The molecule has 2 rings (SSSR count). The summed E-state index contributed by atoms with van der Waals surface area (Å²) in [7, 11) is 3.92. The van der Waals surface area contributed by atoms with Crippen LogP contribution in [0.3, 0.4) is 0 Å². The molecule has 3 nitrogen and oxygen atoms in total. The van der Waals surface area contributed by atoms with Gasteiger partial charge in [-0.2, -0.15) is 0 Å². The van der Waals surface area contributed by atoms with Gasteiger partial charge in [0, 0.05) is 25.6 Å². The van der Waals surface area contributed by atoms with Crippen LogP contribution < -0.4 is 5.32 Å². The molecule has 0 radical (unpaired) electrons. The smallest absolute Gasteiger partial charge is 0.126 e. The van der Waals surface area contributed by atoms with E-state index < -0.39 is 0 Å². The van der Waals surface area contributed by atoms with Crippen LogP contribution in [-0.4, -0.2) is 23.1 Å². The molecule has 0 amide bonds. The van der Waals surface area contributed by atoms with Gasteiger partial charge in [-0.15, -0.1) is 0 Å². The van der Waals surface area contributed by atoms with E-state index in [1.165, 1.54) is 6.07 Å². The third kappa shape index (κ3) is 2.43. The topological polar surface area (TPSA) is 29.9 Å². The maximum atomic E-state index is 13.3. The molecule has 1 aromatic heterocycles. The summed E-state index contributed by atoms with van der Waals surface area (Å²) in [6.07, 6.45) is 2.73. The zero-order valence-electron chi connectivity index (χ0n) is 11.0. The molecule has 0 spiro atoms. The predicted molar refractivity (Wildman–Crippen MR) is 71.0 cm³/mol. The predicted octanol–water partition coefficient (Wildman–Crippen LogP) is 2.30. The third-order valence-corrected chi connectivity index (χ3v) is 3.14. The minimum absolute atomic E-state index is 0.170. The molecule has 0 fully saturated rings. The first-order chi connectivity index (χ1) is 8.63. The second-order valence-corrected chi connectivity index (χ2v) is 4.44. The Bertz CT molecular complexity index is 546. The largest absolute Gasteiger partial charge is 0.331 e. The summed E-state index contributed by atoms with van der Waals surface area (Å²) in [5.74, 6) is 0.859. The summed E-state index contributed by atoms with van der Waals surface area (Å²) in [5.41, 5.74) is 2.68. The summed E-state index contributed by atoms with van der Waals surface area (Å²) in [6, 6.07) is 5.15. The number of aromatic nitrogens is 2. The van der Waals surface area contributed by atoms with Crippen molar-refractivity contribution in [3.8, 4) is 11.3 Å². The minimum Gasteiger partial charge on any atom is -0.331 e. The lowest BCUT2D eigenvalue weighted by Crippen LogP contribution is -2.13. The van der Waals surface area contributed by atoms with Crippen LogP contribution in [0.15, 0.2) is 24.4 Å². The summed E-state index contributed by atoms with van der Waals surface area (Å²) in [6.45, 7) is 2.67. The van der Waals surface area contributed by atoms with Crippen LogP contribution in [0.4, 0.5) is 4.39 Å². The monoisotopic (exact) mass is 247 g/mol. The van der Waals surface area contributed by atoms with Crippen molar-refractivity contribution in [3.05, 3.63) is 41.6 Å². The van der Waals surface area contributed by atoms with Gasteiger partial charge in [0.25, 0.3) is 0 Å². The Balaban J connectivity index is 2.33. The SMILES string of the molecule is CNCCc1ncc(-c2ccc(F)c(C)c2)n1C. The highest BCUT2D eigenvalue weighted by Crippen LogP contribution is 2.22. The fourth-order valence-corrected chi connectivity index (χ4v) is 1.99. The number of nitrogens with zero attached hydrogens (tertiary/aromatic N) is 2. The number of aryl methyl sites for hydroxylation is 1. The molecular weight excluding hydrogens is 229 g/mol. The van der Waals surface area contributed by atoms with Gasteiger partial charge >= 0.3 is 0 Å². The van der Waals surface area contributed by atoms with Gasteiger partial charge in [-0.3, -0.25) is 0 Å². The van der Waals surface area contributed by atoms with E-state index in [2.05, 4.69) is 14.9 Å². The van der Waals surface area contributed by atoms with E-state index in [1.54, 1.807) is 13.0 Å². The van der Waals surface area contributed by atoms with Gasteiger partial charge in [0.2, 0.25) is 0 Å². The van der Waals surface area contributed by atoms with E-state index in [9.17, 15) is 4.39 Å². The number of imidazole rings is 1. The number of halogens is 1. The molecule has 1 aromatic carbocycles. The van der Waals surface area contributed by atoms with Gasteiger partial charge in [0.15, 0.2) is 0 Å². The van der Waals surface area contributed by atoms with Crippen LogP contribution in [-0.2, 0) is 13.5 Å². The van der Waals surface area contributed by atoms with Crippen LogP contribution in [0.25, 0.3) is 11.3 Å². The molecule has 0 aliphatic rings. The Labute approximate surface area is 107 Å². The van der Waals surface area contributed by atoms with Crippen LogP contribution >= 0.6 is 0 Å². The first kappa shape index (κ1) is 12.8. The molecular formula is C14H18FN3. The lowest BCUT2D eigenvalue weighted by atomic mass is 10.1. The quantitative estimate of drug-likeness (QED) is 0.898. The van der Waals surface area contributed by atoms with Crippen molar-refractivity contribution in [2.24, 2.45) is 7.05 Å². The molecule has 1 heterocycles. The fourth-order valence-electron chi connectivity index (χ4n) is 1.99. The molecule has 0 aliphatic carbocycles. The van der Waals surface area contributed by atoms with Crippen LogP contribution in [0.1, 0.15) is 11.4 Å². The van der Waals surface area contributed by atoms with Gasteiger partial charge in [-0.25, -0.2) is 9.37 Å². The number of likely N-dealkylation sites (N-methyl/N-ethyl adjacent to an activating group) is 1. The molecule has 0 aliphatic heterocycles. The average Bonchev–Trinajstić information content (AvgIpc) is 2.72. The second-order valence-electron chi connectivity index (χ2n) is 4.44. The van der Waals surface area contributed by atoms with Crippen LogP contribution in [0.2, 0.25) is 0 Å². The van der Waals surface area contributed by atoms with Crippen molar-refractivity contribution in [1.82, 2.24) is 14.9 Å². The Morgan fingerprint density at radius 2 is 2.17 bits per heavy atom. The summed E-state index contributed by atoms with van der Waals surface area (Å²) in [4.78, 5) is 4.41. The minimum atomic E-state index is -0.170. The van der Waals surface area contributed by atoms with Crippen molar-refractivity contribution in [1.29, 1.82) is 0 Å². The maximum Gasteiger partial charge on any atom is 0.126 e. The van der Waals surface area contributed by atoms with Crippen molar-refractivity contribution >= 4 is 0 Å². The van der Waals surface area contributed by atoms with E-state index in [4.69, 9.17) is 0 Å². The second kappa shape index (κ2) is 5.31. The van der Waals surface area contributed by atoms with Gasteiger partial charge in [0.05, 0.1) is 11.9 Å². The first-order valence-electron chi connectivity index (χ1n) is 6.05. The van der Waals surface area contributed by atoms with Gasteiger partial charge in [-0.1, -0.05) is 0 Å². The highest BCUT2D eigenvalue weighted by atomic mass is 19.1.